The van der Waals surface area contributed by atoms with Gasteiger partial charge in [-0.05, 0) is 72.0 Å². The van der Waals surface area contributed by atoms with Gasteiger partial charge < -0.3 is 19.4 Å². The fourth-order valence-corrected chi connectivity index (χ4v) is 3.72. The largest absolute Gasteiger partial charge is 0.458 e. The summed E-state index contributed by atoms with van der Waals surface area (Å²) in [4.78, 5) is 36.4. The number of amides is 1. The molecule has 0 saturated carbocycles. The van der Waals surface area contributed by atoms with E-state index in [-0.39, 0.29) is 24.3 Å². The molecule has 0 saturated heterocycles. The zero-order valence-electron chi connectivity index (χ0n) is 19.8. The quantitative estimate of drug-likeness (QED) is 0.396. The Labute approximate surface area is 196 Å². The van der Waals surface area contributed by atoms with E-state index >= 15 is 0 Å². The summed E-state index contributed by atoms with van der Waals surface area (Å²) in [6.07, 6.45) is -4.42. The van der Waals surface area contributed by atoms with Crippen molar-refractivity contribution >= 4 is 23.8 Å². The molecule has 0 bridgehead atoms. The molecule has 0 aliphatic carbocycles. The number of pyridine rings is 1. The third kappa shape index (κ3) is 11.5. The van der Waals surface area contributed by atoms with Crippen LogP contribution in [0.1, 0.15) is 60.4 Å². The summed E-state index contributed by atoms with van der Waals surface area (Å²) in [5.74, 6) is -0.273. The second-order valence-corrected chi connectivity index (χ2v) is 10.7. The molecule has 1 N–H and O–H groups in total. The molecule has 0 radical (unpaired) electrons. The van der Waals surface area contributed by atoms with E-state index in [0.29, 0.717) is 4.57 Å². The maximum Gasteiger partial charge on any atom is 0.409 e. The van der Waals surface area contributed by atoms with E-state index in [9.17, 15) is 27.6 Å². The van der Waals surface area contributed by atoms with Crippen molar-refractivity contribution in [2.24, 2.45) is 0 Å². The predicted octanol–water partition coefficient (Wildman–Crippen LogP) is 4.70. The van der Waals surface area contributed by atoms with Crippen LogP contribution in [0.2, 0.25) is 0 Å². The van der Waals surface area contributed by atoms with Crippen LogP contribution in [-0.4, -0.2) is 51.6 Å². The van der Waals surface area contributed by atoms with Crippen molar-refractivity contribution in [2.75, 3.05) is 11.5 Å². The number of thioether (sulfide) groups is 1. The van der Waals surface area contributed by atoms with Crippen molar-refractivity contribution in [3.63, 3.8) is 0 Å². The minimum Gasteiger partial charge on any atom is -0.458 e. The molecular formula is C22H33F3N2O5S. The van der Waals surface area contributed by atoms with Crippen LogP contribution in [0.5, 0.6) is 0 Å². The molecule has 33 heavy (non-hydrogen) atoms. The first-order chi connectivity index (χ1) is 15.0. The van der Waals surface area contributed by atoms with Gasteiger partial charge in [0.15, 0.2) is 0 Å². The van der Waals surface area contributed by atoms with Gasteiger partial charge in [0.2, 0.25) is 0 Å². The molecule has 0 aliphatic rings. The standard InChI is InChI=1S/C22H33F3N2O5S/c1-20(2,3)31-18(29)15(26-19(30)32-21(4,5)6)10-13-33-14-11-16(22(23,24)25)27-12-8-7-9-17(27)28/h7-9,12,15-16H,10-11,13-14H2,1-6H3,(H,26,30). The van der Waals surface area contributed by atoms with Gasteiger partial charge >= 0.3 is 18.2 Å². The van der Waals surface area contributed by atoms with Crippen molar-refractivity contribution in [1.82, 2.24) is 9.88 Å². The number of ether oxygens (including phenoxy) is 2. The Bertz CT molecular complexity index is 844. The molecule has 2 unspecified atom stereocenters. The minimum absolute atomic E-state index is 0.0962. The van der Waals surface area contributed by atoms with E-state index in [1.807, 2.05) is 0 Å². The van der Waals surface area contributed by atoms with Crippen LogP contribution in [-0.2, 0) is 14.3 Å². The average molecular weight is 495 g/mol. The lowest BCUT2D eigenvalue weighted by Gasteiger charge is -2.26. The predicted molar refractivity (Wildman–Crippen MR) is 121 cm³/mol. The van der Waals surface area contributed by atoms with E-state index in [4.69, 9.17) is 9.47 Å². The first-order valence-electron chi connectivity index (χ1n) is 10.5. The van der Waals surface area contributed by atoms with Gasteiger partial charge in [-0.1, -0.05) is 6.07 Å². The molecule has 1 amide bonds. The number of hydrogen-bond acceptors (Lipinski definition) is 6. The SMILES string of the molecule is CC(C)(C)OC(=O)NC(CCSCCC(n1ccccc1=O)C(F)(F)F)C(=O)OC(C)(C)C. The normalized spacial score (nSPS) is 14.3. The molecule has 2 atom stereocenters. The number of carbonyl (C=O) groups is 2. The number of rotatable bonds is 9. The highest BCUT2D eigenvalue weighted by Gasteiger charge is 2.40. The summed E-state index contributed by atoms with van der Waals surface area (Å²) >= 11 is 1.19. The lowest BCUT2D eigenvalue weighted by Crippen LogP contribution is -2.46. The monoisotopic (exact) mass is 494 g/mol. The van der Waals surface area contributed by atoms with Crippen molar-refractivity contribution in [3.8, 4) is 0 Å². The van der Waals surface area contributed by atoms with Gasteiger partial charge in [0.25, 0.3) is 5.56 Å². The molecule has 0 aromatic carbocycles. The van der Waals surface area contributed by atoms with E-state index in [1.165, 1.54) is 23.9 Å². The molecule has 1 rings (SSSR count). The highest BCUT2D eigenvalue weighted by atomic mass is 32.2. The van der Waals surface area contributed by atoms with Crippen molar-refractivity contribution < 1.29 is 32.2 Å². The zero-order valence-corrected chi connectivity index (χ0v) is 20.6. The Morgan fingerprint density at radius 1 is 1.00 bits per heavy atom. The number of nitrogens with zero attached hydrogens (tertiary/aromatic N) is 1. The smallest absolute Gasteiger partial charge is 0.409 e. The number of alkyl carbamates (subject to hydrolysis) is 1. The van der Waals surface area contributed by atoms with Crippen LogP contribution in [0.4, 0.5) is 18.0 Å². The zero-order chi connectivity index (χ0) is 25.4. The van der Waals surface area contributed by atoms with Crippen molar-refractivity contribution in [2.45, 2.75) is 83.8 Å². The second kappa shape index (κ2) is 11.8. The molecule has 1 aromatic heterocycles. The first kappa shape index (κ1) is 28.9. The Hall–Kier alpha value is -2.17. The van der Waals surface area contributed by atoms with Crippen LogP contribution < -0.4 is 10.9 Å². The number of alkyl halides is 3. The van der Waals surface area contributed by atoms with E-state index < -0.39 is 47.1 Å². The number of halogens is 3. The second-order valence-electron chi connectivity index (χ2n) is 9.43. The number of carbonyl (C=O) groups excluding carboxylic acids is 2. The summed E-state index contributed by atoms with van der Waals surface area (Å²) in [5.41, 5.74) is -2.27. The third-order valence-corrected chi connectivity index (χ3v) is 5.08. The Morgan fingerprint density at radius 2 is 1.58 bits per heavy atom. The minimum atomic E-state index is -4.58. The Morgan fingerprint density at radius 3 is 2.09 bits per heavy atom. The molecule has 0 spiro atoms. The summed E-state index contributed by atoms with van der Waals surface area (Å²) in [6.45, 7) is 10.1. The fraction of sp³-hybridized carbons (Fsp3) is 0.682. The van der Waals surface area contributed by atoms with Crippen LogP contribution >= 0.6 is 11.8 Å². The molecule has 7 nitrogen and oxygen atoms in total. The van der Waals surface area contributed by atoms with E-state index in [0.717, 1.165) is 12.3 Å². The topological polar surface area (TPSA) is 86.6 Å². The fourth-order valence-electron chi connectivity index (χ4n) is 2.73. The lowest BCUT2D eigenvalue weighted by atomic mass is 10.1. The van der Waals surface area contributed by atoms with Gasteiger partial charge in [-0.25, -0.2) is 9.59 Å². The highest BCUT2D eigenvalue weighted by molar-refractivity contribution is 7.99. The van der Waals surface area contributed by atoms with Crippen molar-refractivity contribution in [3.05, 3.63) is 34.7 Å². The van der Waals surface area contributed by atoms with Crippen molar-refractivity contribution in [1.29, 1.82) is 0 Å². The summed E-state index contributed by atoms with van der Waals surface area (Å²) < 4.78 is 51.6. The number of hydrogen-bond donors (Lipinski definition) is 1. The molecule has 11 heteroatoms. The molecule has 188 valence electrons. The molecular weight excluding hydrogens is 461 g/mol. The number of aromatic nitrogens is 1. The molecule has 0 aliphatic heterocycles. The van der Waals surface area contributed by atoms with Crippen LogP contribution in [0, 0.1) is 0 Å². The number of esters is 1. The summed E-state index contributed by atoms with van der Waals surface area (Å²) in [5, 5.41) is 2.48. The highest BCUT2D eigenvalue weighted by Crippen LogP contribution is 2.33. The Balaban J connectivity index is 2.72. The lowest BCUT2D eigenvalue weighted by molar-refractivity contribution is -0.168. The average Bonchev–Trinajstić information content (AvgIpc) is 2.60. The van der Waals surface area contributed by atoms with Gasteiger partial charge in [-0.15, -0.1) is 0 Å². The van der Waals surface area contributed by atoms with Gasteiger partial charge in [-0.2, -0.15) is 24.9 Å². The first-order valence-corrected chi connectivity index (χ1v) is 11.7. The molecule has 1 aromatic rings. The van der Waals surface area contributed by atoms with Gasteiger partial charge in [0.05, 0.1) is 0 Å². The van der Waals surface area contributed by atoms with Crippen LogP contribution in [0.3, 0.4) is 0 Å². The van der Waals surface area contributed by atoms with E-state index in [1.54, 1.807) is 41.5 Å². The van der Waals surface area contributed by atoms with Gasteiger partial charge in [0, 0.05) is 12.3 Å². The maximum absolute atomic E-state index is 13.5. The summed E-state index contributed by atoms with van der Waals surface area (Å²) in [6, 6.07) is 0.887. The van der Waals surface area contributed by atoms with Crippen LogP contribution in [0.15, 0.2) is 29.2 Å². The number of nitrogens with one attached hydrogen (secondary N) is 1. The van der Waals surface area contributed by atoms with E-state index in [2.05, 4.69) is 5.32 Å². The van der Waals surface area contributed by atoms with Gasteiger partial charge in [0.1, 0.15) is 23.3 Å². The molecule has 0 fully saturated rings. The maximum atomic E-state index is 13.5. The van der Waals surface area contributed by atoms with Gasteiger partial charge in [-0.3, -0.25) is 4.79 Å². The summed E-state index contributed by atoms with van der Waals surface area (Å²) in [7, 11) is 0. The van der Waals surface area contributed by atoms with Crippen LogP contribution in [0.25, 0.3) is 0 Å². The third-order valence-electron chi connectivity index (χ3n) is 4.03. The Kier molecular flexibility index (Phi) is 10.3. The molecule has 1 heterocycles.